The summed E-state index contributed by atoms with van der Waals surface area (Å²) in [5.74, 6) is 2.08. The van der Waals surface area contributed by atoms with Crippen LogP contribution >= 0.6 is 31.0 Å². The zero-order valence-electron chi connectivity index (χ0n) is 27.1. The van der Waals surface area contributed by atoms with Gasteiger partial charge in [-0.15, -0.1) is 0 Å². The standard InChI is InChI=1S/C34H43ClNO8PS/c1-33(2,3)44-32(37)36-34(24-42-25-39-4,19-20-45(38,40-5)41-6)18-17-27-15-16-30(22-31(27)35)46-29-14-10-13-28(21-29)43-23-26-11-8-7-9-12-26/h7-16,19-22H,17-18,23-25H2,1-6H3,(H,36,37). The van der Waals surface area contributed by atoms with Crippen molar-refractivity contribution >= 4 is 37.1 Å². The molecule has 0 radical (unpaired) electrons. The topological polar surface area (TPSA) is 102 Å². The van der Waals surface area contributed by atoms with E-state index in [1.165, 1.54) is 27.1 Å². The minimum atomic E-state index is -3.57. The first-order valence-corrected chi connectivity index (χ1v) is 17.4. The molecule has 1 amide bonds. The zero-order chi connectivity index (χ0) is 33.6. The molecule has 9 nitrogen and oxygen atoms in total. The van der Waals surface area contributed by atoms with Gasteiger partial charge in [0.1, 0.15) is 24.8 Å². The van der Waals surface area contributed by atoms with Gasteiger partial charge in [-0.1, -0.05) is 65.8 Å². The quantitative estimate of drug-likeness (QED) is 0.0845. The fourth-order valence-electron chi connectivity index (χ4n) is 4.24. The minimum Gasteiger partial charge on any atom is -0.489 e. The summed E-state index contributed by atoms with van der Waals surface area (Å²) in [5, 5.41) is 3.47. The Morgan fingerprint density at radius 2 is 1.67 bits per heavy atom. The van der Waals surface area contributed by atoms with Gasteiger partial charge in [0.25, 0.3) is 0 Å². The molecular weight excluding hydrogens is 649 g/mol. The van der Waals surface area contributed by atoms with Crippen LogP contribution in [0.4, 0.5) is 4.79 Å². The predicted octanol–water partition coefficient (Wildman–Crippen LogP) is 8.89. The van der Waals surface area contributed by atoms with E-state index in [9.17, 15) is 9.36 Å². The van der Waals surface area contributed by atoms with E-state index in [4.69, 9.17) is 39.6 Å². The lowest BCUT2D eigenvalue weighted by Crippen LogP contribution is -2.52. The van der Waals surface area contributed by atoms with E-state index in [0.29, 0.717) is 24.5 Å². The van der Waals surface area contributed by atoms with E-state index < -0.39 is 24.8 Å². The molecule has 0 aliphatic rings. The number of methoxy groups -OCH3 is 1. The van der Waals surface area contributed by atoms with Crippen LogP contribution in [0.3, 0.4) is 0 Å². The van der Waals surface area contributed by atoms with E-state index >= 15 is 0 Å². The highest BCUT2D eigenvalue weighted by Gasteiger charge is 2.33. The molecule has 3 aromatic rings. The van der Waals surface area contributed by atoms with E-state index in [2.05, 4.69) is 5.32 Å². The van der Waals surface area contributed by atoms with Crippen LogP contribution in [0.2, 0.25) is 5.02 Å². The van der Waals surface area contributed by atoms with Crippen molar-refractivity contribution < 1.29 is 37.4 Å². The van der Waals surface area contributed by atoms with E-state index in [1.54, 1.807) is 38.6 Å². The number of carbonyl (C=O) groups is 1. The van der Waals surface area contributed by atoms with Gasteiger partial charge >= 0.3 is 13.7 Å². The second kappa shape index (κ2) is 17.9. The molecule has 0 aliphatic heterocycles. The summed E-state index contributed by atoms with van der Waals surface area (Å²) < 4.78 is 45.4. The molecule has 3 aromatic carbocycles. The SMILES string of the molecule is COCOCC(C=CP(=O)(OC)OC)(CCc1ccc(Sc2cccc(OCc3ccccc3)c2)cc1Cl)NC(=O)OC(C)(C)C. The summed E-state index contributed by atoms with van der Waals surface area (Å²) in [7, 11) is 0.497. The molecule has 0 saturated carbocycles. The number of alkyl carbamates (subject to hydrolysis) is 1. The summed E-state index contributed by atoms with van der Waals surface area (Å²) in [6.45, 7) is 5.75. The average molecular weight is 692 g/mol. The van der Waals surface area contributed by atoms with Crippen molar-refractivity contribution in [3.8, 4) is 5.75 Å². The zero-order valence-corrected chi connectivity index (χ0v) is 29.6. The van der Waals surface area contributed by atoms with Crippen molar-refractivity contribution in [3.63, 3.8) is 0 Å². The number of ether oxygens (including phenoxy) is 4. The Labute approximate surface area is 281 Å². The summed E-state index contributed by atoms with van der Waals surface area (Å²) in [6, 6.07) is 23.8. The van der Waals surface area contributed by atoms with Crippen molar-refractivity contribution in [3.05, 3.63) is 101 Å². The molecule has 0 aromatic heterocycles. The van der Waals surface area contributed by atoms with Crippen LogP contribution in [0.1, 0.15) is 38.3 Å². The van der Waals surface area contributed by atoms with Gasteiger partial charge in [0, 0.05) is 42.0 Å². The maximum Gasteiger partial charge on any atom is 0.408 e. The molecule has 1 N–H and O–H groups in total. The summed E-state index contributed by atoms with van der Waals surface area (Å²) in [6.07, 6.45) is 1.64. The van der Waals surface area contributed by atoms with Gasteiger partial charge in [0.2, 0.25) is 0 Å². The monoisotopic (exact) mass is 691 g/mol. The smallest absolute Gasteiger partial charge is 0.408 e. The fourth-order valence-corrected chi connectivity index (χ4v) is 6.35. The number of amides is 1. The summed E-state index contributed by atoms with van der Waals surface area (Å²) in [4.78, 5) is 14.9. The number of hydrogen-bond donors (Lipinski definition) is 1. The molecule has 0 bridgehead atoms. The Balaban J connectivity index is 1.79. The van der Waals surface area contributed by atoms with E-state index in [-0.39, 0.29) is 13.4 Å². The molecule has 3 rings (SSSR count). The highest BCUT2D eigenvalue weighted by atomic mass is 35.5. The molecule has 0 heterocycles. The number of carbonyl (C=O) groups excluding carboxylic acids is 1. The highest BCUT2D eigenvalue weighted by molar-refractivity contribution is 7.99. The van der Waals surface area contributed by atoms with Crippen LogP contribution < -0.4 is 10.1 Å². The number of halogens is 1. The summed E-state index contributed by atoms with van der Waals surface area (Å²) >= 11 is 8.35. The largest absolute Gasteiger partial charge is 0.489 e. The second-order valence-corrected chi connectivity index (χ2v) is 15.0. The van der Waals surface area contributed by atoms with Gasteiger partial charge in [-0.25, -0.2) is 4.79 Å². The van der Waals surface area contributed by atoms with Crippen molar-refractivity contribution in [1.82, 2.24) is 5.32 Å². The number of benzene rings is 3. The highest BCUT2D eigenvalue weighted by Crippen LogP contribution is 2.48. The molecule has 0 spiro atoms. The molecular formula is C34H43ClNO8PS. The van der Waals surface area contributed by atoms with Gasteiger partial charge in [-0.3, -0.25) is 4.57 Å². The van der Waals surface area contributed by atoms with Crippen LogP contribution in [0.15, 0.2) is 94.5 Å². The van der Waals surface area contributed by atoms with Crippen LogP contribution in [0, 0.1) is 0 Å². The van der Waals surface area contributed by atoms with Crippen molar-refractivity contribution in [1.29, 1.82) is 0 Å². The average Bonchev–Trinajstić information content (AvgIpc) is 3.02. The Hall–Kier alpha value is -2.82. The molecule has 0 aliphatic carbocycles. The number of nitrogens with one attached hydrogen (secondary N) is 1. The summed E-state index contributed by atoms with van der Waals surface area (Å²) in [5.41, 5.74) is 0.0272. The van der Waals surface area contributed by atoms with Gasteiger partial charge in [0.05, 0.1) is 12.1 Å². The molecule has 1 unspecified atom stereocenters. The van der Waals surface area contributed by atoms with Gasteiger partial charge < -0.3 is 33.3 Å². The maximum absolute atomic E-state index is 13.0. The fraction of sp³-hybridized carbons (Fsp3) is 0.382. The molecule has 250 valence electrons. The lowest BCUT2D eigenvalue weighted by atomic mass is 9.92. The Kier molecular flexibility index (Phi) is 14.7. The third-order valence-corrected chi connectivity index (χ3v) is 9.41. The number of rotatable bonds is 17. The molecule has 1 atom stereocenters. The number of hydrogen-bond acceptors (Lipinski definition) is 9. The molecule has 46 heavy (non-hydrogen) atoms. The van der Waals surface area contributed by atoms with Crippen molar-refractivity contribution in [2.45, 2.75) is 61.2 Å². The normalized spacial score (nSPS) is 13.4. The molecule has 0 saturated heterocycles. The maximum atomic E-state index is 13.0. The minimum absolute atomic E-state index is 0.0156. The molecule has 12 heteroatoms. The van der Waals surface area contributed by atoms with Crippen molar-refractivity contribution in [2.75, 3.05) is 34.7 Å². The lowest BCUT2D eigenvalue weighted by Gasteiger charge is -2.33. The molecule has 0 fully saturated rings. The van der Waals surface area contributed by atoms with Gasteiger partial charge in [-0.2, -0.15) is 0 Å². The first-order chi connectivity index (χ1) is 21.9. The van der Waals surface area contributed by atoms with Crippen LogP contribution in [-0.2, 0) is 40.9 Å². The van der Waals surface area contributed by atoms with Crippen molar-refractivity contribution in [2.24, 2.45) is 0 Å². The lowest BCUT2D eigenvalue weighted by molar-refractivity contribution is -0.0490. The van der Waals surface area contributed by atoms with E-state index in [1.807, 2.05) is 72.8 Å². The Morgan fingerprint density at radius 1 is 0.957 bits per heavy atom. The third kappa shape index (κ3) is 12.8. The first-order valence-electron chi connectivity index (χ1n) is 14.6. The van der Waals surface area contributed by atoms with E-state index in [0.717, 1.165) is 26.7 Å². The second-order valence-electron chi connectivity index (χ2n) is 11.4. The van der Waals surface area contributed by atoms with Gasteiger partial charge in [0.15, 0.2) is 0 Å². The Bertz CT molecular complexity index is 1480. The van der Waals surface area contributed by atoms with Crippen LogP contribution in [-0.4, -0.2) is 52.0 Å². The van der Waals surface area contributed by atoms with Crippen LogP contribution in [0.25, 0.3) is 0 Å². The third-order valence-electron chi connectivity index (χ3n) is 6.55. The first kappa shape index (κ1) is 37.6. The Morgan fingerprint density at radius 3 is 2.33 bits per heavy atom. The van der Waals surface area contributed by atoms with Gasteiger partial charge in [-0.05, 0) is 81.1 Å². The predicted molar refractivity (Wildman–Crippen MR) is 182 cm³/mol. The number of aryl methyl sites for hydroxylation is 1. The van der Waals surface area contributed by atoms with Crippen LogP contribution in [0.5, 0.6) is 5.75 Å².